The Morgan fingerprint density at radius 3 is 2.76 bits per heavy atom. The molecule has 110 valence electrons. The Balaban J connectivity index is 1.56. The highest BCUT2D eigenvalue weighted by Crippen LogP contribution is 2.38. The number of hydrogen-bond acceptors (Lipinski definition) is 4. The predicted molar refractivity (Wildman–Crippen MR) is 74.1 cm³/mol. The van der Waals surface area contributed by atoms with Crippen LogP contribution >= 0.6 is 11.8 Å². The van der Waals surface area contributed by atoms with Gasteiger partial charge in [0.1, 0.15) is 23.1 Å². The number of para-hydroxylation sites is 1. The Hall–Kier alpha value is -1.96. The van der Waals surface area contributed by atoms with Gasteiger partial charge in [-0.3, -0.25) is 9.89 Å². The fourth-order valence-electron chi connectivity index (χ4n) is 1.78. The van der Waals surface area contributed by atoms with Crippen LogP contribution in [0.25, 0.3) is 0 Å². The maximum atomic E-state index is 13.4. The van der Waals surface area contributed by atoms with Gasteiger partial charge < -0.3 is 5.32 Å². The average Bonchev–Trinajstić information content (AvgIpc) is 3.20. The molecule has 0 aliphatic heterocycles. The van der Waals surface area contributed by atoms with E-state index in [9.17, 15) is 13.6 Å². The molecule has 1 aliphatic rings. The number of hydrogen-bond donors (Lipinski definition) is 2. The number of aromatic nitrogens is 3. The maximum Gasteiger partial charge on any atom is 0.235 e. The maximum absolute atomic E-state index is 13.4. The number of rotatable bonds is 5. The van der Waals surface area contributed by atoms with Gasteiger partial charge >= 0.3 is 0 Å². The van der Waals surface area contributed by atoms with Gasteiger partial charge in [0.05, 0.1) is 5.75 Å². The predicted octanol–water partition coefficient (Wildman–Crippen LogP) is 2.69. The lowest BCUT2D eigenvalue weighted by Crippen LogP contribution is -2.16. The Morgan fingerprint density at radius 1 is 1.38 bits per heavy atom. The van der Waals surface area contributed by atoms with E-state index >= 15 is 0 Å². The number of nitrogens with zero attached hydrogens (tertiary/aromatic N) is 2. The summed E-state index contributed by atoms with van der Waals surface area (Å²) in [5, 5.41) is 9.49. The largest absolute Gasteiger partial charge is 0.320 e. The van der Waals surface area contributed by atoms with E-state index in [1.54, 1.807) is 0 Å². The molecular formula is C13H12F2N4OS. The van der Waals surface area contributed by atoms with Crippen LogP contribution in [0.5, 0.6) is 0 Å². The summed E-state index contributed by atoms with van der Waals surface area (Å²) in [6, 6.07) is 3.41. The van der Waals surface area contributed by atoms with E-state index < -0.39 is 23.2 Å². The molecule has 0 unspecified atom stereocenters. The summed E-state index contributed by atoms with van der Waals surface area (Å²) in [7, 11) is 0. The van der Waals surface area contributed by atoms with E-state index in [0.717, 1.165) is 42.6 Å². The number of carbonyl (C=O) groups excluding carboxylic acids is 1. The van der Waals surface area contributed by atoms with Crippen LogP contribution in [0.1, 0.15) is 24.6 Å². The van der Waals surface area contributed by atoms with Gasteiger partial charge in [-0.15, -0.1) is 5.10 Å². The minimum Gasteiger partial charge on any atom is -0.320 e. The molecular weight excluding hydrogens is 298 g/mol. The number of halogens is 2. The molecule has 1 aromatic carbocycles. The monoisotopic (exact) mass is 310 g/mol. The van der Waals surface area contributed by atoms with Gasteiger partial charge in [0, 0.05) is 5.92 Å². The van der Waals surface area contributed by atoms with Crippen LogP contribution in [0.3, 0.4) is 0 Å². The molecule has 1 fully saturated rings. The van der Waals surface area contributed by atoms with Crippen molar-refractivity contribution in [3.05, 3.63) is 35.7 Å². The molecule has 5 nitrogen and oxygen atoms in total. The third-order valence-electron chi connectivity index (χ3n) is 3.01. The smallest absolute Gasteiger partial charge is 0.235 e. The van der Waals surface area contributed by atoms with Crippen LogP contribution in [-0.2, 0) is 4.79 Å². The number of carbonyl (C=O) groups is 1. The van der Waals surface area contributed by atoms with Crippen LogP contribution in [0, 0.1) is 11.6 Å². The molecule has 0 spiro atoms. The van der Waals surface area contributed by atoms with Crippen molar-refractivity contribution in [2.45, 2.75) is 23.9 Å². The first-order valence-electron chi connectivity index (χ1n) is 6.42. The lowest BCUT2D eigenvalue weighted by atomic mass is 10.3. The summed E-state index contributed by atoms with van der Waals surface area (Å²) < 4.78 is 26.8. The molecule has 0 atom stereocenters. The second-order valence-corrected chi connectivity index (χ2v) is 5.65. The van der Waals surface area contributed by atoms with Crippen molar-refractivity contribution in [1.29, 1.82) is 0 Å². The van der Waals surface area contributed by atoms with Gasteiger partial charge in [-0.05, 0) is 25.0 Å². The van der Waals surface area contributed by atoms with Crippen LogP contribution in [-0.4, -0.2) is 26.8 Å². The molecule has 0 bridgehead atoms. The van der Waals surface area contributed by atoms with Gasteiger partial charge in [-0.1, -0.05) is 17.8 Å². The van der Waals surface area contributed by atoms with Crippen molar-refractivity contribution in [3.63, 3.8) is 0 Å². The van der Waals surface area contributed by atoms with Gasteiger partial charge in [-0.25, -0.2) is 13.8 Å². The fourth-order valence-corrected chi connectivity index (χ4v) is 2.39. The Morgan fingerprint density at radius 2 is 2.10 bits per heavy atom. The quantitative estimate of drug-likeness (QED) is 0.833. The minimum atomic E-state index is -0.803. The molecule has 2 N–H and O–H groups in total. The number of benzene rings is 1. The van der Waals surface area contributed by atoms with E-state index in [2.05, 4.69) is 20.5 Å². The highest BCUT2D eigenvalue weighted by Gasteiger charge is 2.27. The van der Waals surface area contributed by atoms with Crippen LogP contribution in [0.4, 0.5) is 14.5 Å². The zero-order valence-electron chi connectivity index (χ0n) is 10.9. The lowest BCUT2D eigenvalue weighted by Gasteiger charge is -2.06. The Kier molecular flexibility index (Phi) is 3.87. The van der Waals surface area contributed by atoms with Crippen molar-refractivity contribution in [1.82, 2.24) is 15.2 Å². The van der Waals surface area contributed by atoms with E-state index in [1.807, 2.05) is 0 Å². The number of aromatic amines is 1. The van der Waals surface area contributed by atoms with Crippen molar-refractivity contribution in [3.8, 4) is 0 Å². The zero-order chi connectivity index (χ0) is 14.8. The molecule has 0 radical (unpaired) electrons. The first-order chi connectivity index (χ1) is 10.1. The third-order valence-corrected chi connectivity index (χ3v) is 3.85. The van der Waals surface area contributed by atoms with Gasteiger partial charge in [-0.2, -0.15) is 0 Å². The molecule has 3 rings (SSSR count). The van der Waals surface area contributed by atoms with Gasteiger partial charge in [0.25, 0.3) is 0 Å². The summed E-state index contributed by atoms with van der Waals surface area (Å²) in [6.45, 7) is 0. The van der Waals surface area contributed by atoms with Crippen molar-refractivity contribution >= 4 is 23.4 Å². The topological polar surface area (TPSA) is 70.7 Å². The fraction of sp³-hybridized carbons (Fsp3) is 0.308. The molecule has 1 aromatic heterocycles. The summed E-state index contributed by atoms with van der Waals surface area (Å²) in [5.74, 6) is -0.854. The zero-order valence-corrected chi connectivity index (χ0v) is 11.7. The molecule has 8 heteroatoms. The van der Waals surface area contributed by atoms with E-state index in [4.69, 9.17) is 0 Å². The number of H-pyrrole nitrogens is 1. The average molecular weight is 310 g/mol. The van der Waals surface area contributed by atoms with Crippen molar-refractivity contribution in [2.75, 3.05) is 11.1 Å². The molecule has 0 saturated heterocycles. The van der Waals surface area contributed by atoms with Gasteiger partial charge in [0.15, 0.2) is 0 Å². The lowest BCUT2D eigenvalue weighted by molar-refractivity contribution is -0.113. The Bertz CT molecular complexity index is 652. The van der Waals surface area contributed by atoms with Crippen LogP contribution in [0.2, 0.25) is 0 Å². The second kappa shape index (κ2) is 5.80. The number of anilines is 1. The van der Waals surface area contributed by atoms with E-state index in [1.165, 1.54) is 6.07 Å². The highest BCUT2D eigenvalue weighted by molar-refractivity contribution is 7.99. The second-order valence-electron chi connectivity index (χ2n) is 4.71. The summed E-state index contributed by atoms with van der Waals surface area (Å²) in [4.78, 5) is 16.0. The SMILES string of the molecule is O=C(CSc1n[nH]c(C2CC2)n1)Nc1c(F)cccc1F. The normalized spacial score (nSPS) is 14.2. The number of nitrogens with one attached hydrogen (secondary N) is 2. The molecule has 1 aliphatic carbocycles. The van der Waals surface area contributed by atoms with E-state index in [-0.39, 0.29) is 5.75 Å². The number of thioether (sulfide) groups is 1. The summed E-state index contributed by atoms with van der Waals surface area (Å²) >= 11 is 1.12. The van der Waals surface area contributed by atoms with Crippen LogP contribution < -0.4 is 5.32 Å². The third kappa shape index (κ3) is 3.38. The van der Waals surface area contributed by atoms with Crippen molar-refractivity contribution < 1.29 is 13.6 Å². The summed E-state index contributed by atoms with van der Waals surface area (Å²) in [5.41, 5.74) is -0.434. The van der Waals surface area contributed by atoms with Crippen molar-refractivity contribution in [2.24, 2.45) is 0 Å². The minimum absolute atomic E-state index is 0.0181. The summed E-state index contributed by atoms with van der Waals surface area (Å²) in [6.07, 6.45) is 2.21. The molecule has 1 heterocycles. The van der Waals surface area contributed by atoms with E-state index in [0.29, 0.717) is 11.1 Å². The first kappa shape index (κ1) is 14.0. The molecule has 1 saturated carbocycles. The molecule has 21 heavy (non-hydrogen) atoms. The highest BCUT2D eigenvalue weighted by atomic mass is 32.2. The van der Waals surface area contributed by atoms with Crippen LogP contribution in [0.15, 0.2) is 23.4 Å². The van der Waals surface area contributed by atoms with Gasteiger partial charge in [0.2, 0.25) is 11.1 Å². The first-order valence-corrected chi connectivity index (χ1v) is 7.41. The molecule has 1 amide bonds. The molecule has 2 aromatic rings. The number of amides is 1. The standard InChI is InChI=1S/C13H12F2N4OS/c14-8-2-1-3-9(15)11(8)16-10(20)6-21-13-17-12(18-19-13)7-4-5-7/h1-3,7H,4-6H2,(H,16,20)(H,17,18,19). The Labute approximate surface area is 123 Å².